The maximum absolute atomic E-state index is 12.0. The summed E-state index contributed by atoms with van der Waals surface area (Å²) in [6, 6.07) is 16.1. The molecule has 1 saturated heterocycles. The van der Waals surface area contributed by atoms with Crippen LogP contribution in [0.3, 0.4) is 0 Å². The molecule has 0 radical (unpaired) electrons. The van der Waals surface area contributed by atoms with E-state index in [0.29, 0.717) is 38.9 Å². The molecule has 0 aliphatic carbocycles. The molecule has 1 amide bonds. The minimum absolute atomic E-state index is 0.0832. The molecule has 0 saturated carbocycles. The largest absolute Gasteiger partial charge is 0.493 e. The molecule has 1 fully saturated rings. The summed E-state index contributed by atoms with van der Waals surface area (Å²) in [4.78, 5) is 25.4. The molecule has 3 aromatic rings. The Balaban J connectivity index is 1.28. The van der Waals surface area contributed by atoms with Crippen LogP contribution in [0.5, 0.6) is 5.75 Å². The van der Waals surface area contributed by atoms with Gasteiger partial charge in [0.1, 0.15) is 5.75 Å². The highest BCUT2D eigenvalue weighted by atomic mass is 16.5. The first-order valence-corrected chi connectivity index (χ1v) is 14.0. The summed E-state index contributed by atoms with van der Waals surface area (Å²) in [5.41, 5.74) is 4.70. The zero-order valence-electron chi connectivity index (χ0n) is 23.4. The third-order valence-corrected chi connectivity index (χ3v) is 6.89. The van der Waals surface area contributed by atoms with Gasteiger partial charge in [0.25, 0.3) is 5.91 Å². The fourth-order valence-electron chi connectivity index (χ4n) is 4.80. The Labute approximate surface area is 241 Å². The van der Waals surface area contributed by atoms with Crippen molar-refractivity contribution in [3.8, 4) is 28.8 Å². The van der Waals surface area contributed by atoms with Crippen molar-refractivity contribution in [3.05, 3.63) is 72.4 Å². The minimum Gasteiger partial charge on any atom is -0.493 e. The molecule has 2 aliphatic rings. The fourth-order valence-corrected chi connectivity index (χ4v) is 4.80. The van der Waals surface area contributed by atoms with Crippen molar-refractivity contribution in [1.29, 1.82) is 0 Å². The van der Waals surface area contributed by atoms with Gasteiger partial charge in [0.05, 0.1) is 25.5 Å². The number of carbonyl (C=O) groups excluding carboxylic acids is 1. The molecule has 2 aliphatic heterocycles. The average Bonchev–Trinajstić information content (AvgIpc) is 2.99. The van der Waals surface area contributed by atoms with E-state index in [1.807, 2.05) is 41.3 Å². The van der Waals surface area contributed by atoms with Gasteiger partial charge in [0.15, 0.2) is 0 Å². The van der Waals surface area contributed by atoms with Gasteiger partial charge in [-0.05, 0) is 61.2 Å². The first kappa shape index (κ1) is 28.1. The van der Waals surface area contributed by atoms with Crippen molar-refractivity contribution >= 4 is 23.2 Å². The molecular formula is C32H36N6O3. The molecule has 6 bridgehead atoms. The summed E-state index contributed by atoms with van der Waals surface area (Å²) < 4.78 is 11.9. The van der Waals surface area contributed by atoms with E-state index in [0.717, 1.165) is 66.5 Å². The second kappa shape index (κ2) is 14.3. The molecule has 1 aromatic heterocycles. The lowest BCUT2D eigenvalue weighted by molar-refractivity contribution is -0.126. The summed E-state index contributed by atoms with van der Waals surface area (Å²) in [5.74, 6) is 6.57. The molecule has 0 atom stereocenters. The molecule has 2 aromatic carbocycles. The highest BCUT2D eigenvalue weighted by Gasteiger charge is 2.19. The van der Waals surface area contributed by atoms with Crippen LogP contribution in [-0.2, 0) is 16.1 Å². The quantitative estimate of drug-likeness (QED) is 0.365. The Morgan fingerprint density at radius 1 is 1.10 bits per heavy atom. The Bertz CT molecular complexity index is 1420. The Hall–Kier alpha value is -4.39. The standard InChI is InChI=1S/C32H36N6O3/c1-2-7-31(39)38-16-14-37(15-17-38)13-12-33-27-20-25-21-28(23-27)35-32-34-11-10-30(36-32)26-8-6-9-29(22-26)41-19-5-3-4-18-40-24-25/h3-4,6,8-11,20-23,33H,5,12-19,24H2,1H3,(H,34,35,36)/b4-3+. The fraction of sp³-hybridized carbons (Fsp3) is 0.344. The zero-order valence-corrected chi connectivity index (χ0v) is 23.4. The summed E-state index contributed by atoms with van der Waals surface area (Å²) in [5, 5.41) is 6.95. The van der Waals surface area contributed by atoms with Gasteiger partial charge >= 0.3 is 0 Å². The van der Waals surface area contributed by atoms with E-state index < -0.39 is 0 Å². The predicted molar refractivity (Wildman–Crippen MR) is 161 cm³/mol. The molecule has 212 valence electrons. The predicted octanol–water partition coefficient (Wildman–Crippen LogP) is 4.32. The van der Waals surface area contributed by atoms with Crippen molar-refractivity contribution in [1.82, 2.24) is 19.8 Å². The van der Waals surface area contributed by atoms with E-state index in [9.17, 15) is 4.79 Å². The van der Waals surface area contributed by atoms with Gasteiger partial charge in [0, 0.05) is 62.4 Å². The number of rotatable bonds is 4. The van der Waals surface area contributed by atoms with E-state index in [1.54, 1.807) is 13.1 Å². The van der Waals surface area contributed by atoms with Gasteiger partial charge in [-0.15, -0.1) is 0 Å². The van der Waals surface area contributed by atoms with E-state index in [1.165, 1.54) is 0 Å². The van der Waals surface area contributed by atoms with Crippen LogP contribution in [0.1, 0.15) is 18.9 Å². The molecule has 9 nitrogen and oxygen atoms in total. The SMILES string of the molecule is CC#CC(=O)N1CCN(CCNc2cc3cc(c2)Nc2nccc(n2)-c2cccc(c2)OCC/C=C/COC3)CC1. The van der Waals surface area contributed by atoms with Crippen LogP contribution in [0.25, 0.3) is 11.3 Å². The number of nitrogens with one attached hydrogen (secondary N) is 2. The number of hydrogen-bond donors (Lipinski definition) is 2. The molecule has 3 heterocycles. The van der Waals surface area contributed by atoms with Gasteiger partial charge in [0.2, 0.25) is 5.95 Å². The number of anilines is 3. The Kier molecular flexibility index (Phi) is 9.82. The summed E-state index contributed by atoms with van der Waals surface area (Å²) in [6.07, 6.45) is 6.68. The zero-order chi connectivity index (χ0) is 28.3. The van der Waals surface area contributed by atoms with Crippen LogP contribution in [-0.4, -0.2) is 78.2 Å². The van der Waals surface area contributed by atoms with E-state index in [4.69, 9.17) is 14.5 Å². The van der Waals surface area contributed by atoms with Crippen LogP contribution in [0.2, 0.25) is 0 Å². The van der Waals surface area contributed by atoms with E-state index in [2.05, 4.69) is 56.6 Å². The topological polar surface area (TPSA) is 91.9 Å². The van der Waals surface area contributed by atoms with Crippen molar-refractivity contribution in [2.24, 2.45) is 0 Å². The van der Waals surface area contributed by atoms with Gasteiger partial charge in [-0.1, -0.05) is 30.2 Å². The van der Waals surface area contributed by atoms with E-state index in [-0.39, 0.29) is 5.91 Å². The molecule has 2 N–H and O–H groups in total. The number of amides is 1. The third kappa shape index (κ3) is 8.30. The van der Waals surface area contributed by atoms with Gasteiger partial charge in [-0.2, -0.15) is 0 Å². The van der Waals surface area contributed by atoms with Gasteiger partial charge in [-0.3, -0.25) is 9.69 Å². The molecule has 5 rings (SSSR count). The monoisotopic (exact) mass is 552 g/mol. The Morgan fingerprint density at radius 2 is 2.00 bits per heavy atom. The van der Waals surface area contributed by atoms with E-state index >= 15 is 0 Å². The van der Waals surface area contributed by atoms with Gasteiger partial charge < -0.3 is 25.0 Å². The highest BCUT2D eigenvalue weighted by molar-refractivity contribution is 5.93. The lowest BCUT2D eigenvalue weighted by atomic mass is 10.1. The number of hydrogen-bond acceptors (Lipinski definition) is 8. The molecule has 41 heavy (non-hydrogen) atoms. The molecular weight excluding hydrogens is 516 g/mol. The number of nitrogens with zero attached hydrogens (tertiary/aromatic N) is 4. The Morgan fingerprint density at radius 3 is 2.88 bits per heavy atom. The summed E-state index contributed by atoms with van der Waals surface area (Å²) in [6.45, 7) is 8.05. The van der Waals surface area contributed by atoms with Crippen LogP contribution >= 0.6 is 0 Å². The van der Waals surface area contributed by atoms with Gasteiger partial charge in [-0.25, -0.2) is 9.97 Å². The van der Waals surface area contributed by atoms with Crippen LogP contribution in [0.4, 0.5) is 17.3 Å². The number of aromatic nitrogens is 2. The second-order valence-corrected chi connectivity index (χ2v) is 9.90. The molecule has 0 unspecified atom stereocenters. The number of piperazine rings is 1. The molecule has 0 spiro atoms. The second-order valence-electron chi connectivity index (χ2n) is 9.90. The smallest absolute Gasteiger partial charge is 0.298 e. The number of ether oxygens (including phenoxy) is 2. The lowest BCUT2D eigenvalue weighted by Gasteiger charge is -2.33. The van der Waals surface area contributed by atoms with Crippen molar-refractivity contribution < 1.29 is 14.3 Å². The van der Waals surface area contributed by atoms with Crippen molar-refractivity contribution in [2.75, 3.05) is 63.1 Å². The molecule has 9 heteroatoms. The summed E-state index contributed by atoms with van der Waals surface area (Å²) >= 11 is 0. The first-order chi connectivity index (χ1) is 20.2. The van der Waals surface area contributed by atoms with Crippen molar-refractivity contribution in [2.45, 2.75) is 20.0 Å². The van der Waals surface area contributed by atoms with Crippen LogP contribution in [0, 0.1) is 11.8 Å². The maximum Gasteiger partial charge on any atom is 0.298 e. The van der Waals surface area contributed by atoms with Crippen LogP contribution in [0.15, 0.2) is 66.9 Å². The number of fused-ring (bicyclic) bond motifs is 7. The first-order valence-electron chi connectivity index (χ1n) is 14.0. The average molecular weight is 553 g/mol. The normalized spacial score (nSPS) is 16.6. The third-order valence-electron chi connectivity index (χ3n) is 6.89. The number of carbonyl (C=O) groups is 1. The lowest BCUT2D eigenvalue weighted by Crippen LogP contribution is -2.49. The number of benzene rings is 2. The summed E-state index contributed by atoms with van der Waals surface area (Å²) in [7, 11) is 0. The minimum atomic E-state index is -0.0832. The maximum atomic E-state index is 12.0. The highest BCUT2D eigenvalue weighted by Crippen LogP contribution is 2.26. The van der Waals surface area contributed by atoms with Crippen molar-refractivity contribution in [3.63, 3.8) is 0 Å². The van der Waals surface area contributed by atoms with Crippen LogP contribution < -0.4 is 15.4 Å².